The number of aromatic nitrogens is 4. The summed E-state index contributed by atoms with van der Waals surface area (Å²) in [5, 5.41) is 27.1. The van der Waals surface area contributed by atoms with E-state index < -0.39 is 0 Å². The molecule has 0 saturated heterocycles. The van der Waals surface area contributed by atoms with E-state index in [1.54, 1.807) is 6.08 Å². The van der Waals surface area contributed by atoms with Gasteiger partial charge in [0, 0.05) is 11.6 Å². The van der Waals surface area contributed by atoms with Gasteiger partial charge in [-0.2, -0.15) is 25.6 Å². The van der Waals surface area contributed by atoms with Crippen LogP contribution in [-0.2, 0) is 17.9 Å². The van der Waals surface area contributed by atoms with Crippen LogP contribution in [0.1, 0.15) is 41.6 Å². The van der Waals surface area contributed by atoms with Crippen molar-refractivity contribution in [3.8, 4) is 23.8 Å². The number of nitriles is 2. The number of nitrogens with zero attached hydrogens (tertiary/aromatic N) is 6. The maximum Gasteiger partial charge on any atom is 0.235 e. The lowest BCUT2D eigenvalue weighted by Crippen LogP contribution is -2.70. The molecule has 3 aliphatic carbocycles. The van der Waals surface area contributed by atoms with Gasteiger partial charge in [0.2, 0.25) is 11.8 Å². The number of allylic oxidation sites excluding steroid dienone is 1. The molecule has 2 aromatic heterocycles. The first-order chi connectivity index (χ1) is 16.4. The van der Waals surface area contributed by atoms with Gasteiger partial charge in [0.05, 0.1) is 43.0 Å². The molecule has 34 heavy (non-hydrogen) atoms. The molecule has 0 spiro atoms. The lowest BCUT2D eigenvalue weighted by Gasteiger charge is -2.66. The molecule has 0 amide bonds. The van der Waals surface area contributed by atoms with Gasteiger partial charge >= 0.3 is 0 Å². The highest BCUT2D eigenvalue weighted by molar-refractivity contribution is 5.85. The topological polar surface area (TPSA) is 122 Å². The second-order valence-electron chi connectivity index (χ2n) is 9.65. The minimum absolute atomic E-state index is 0.107. The largest absolute Gasteiger partial charge is 0.437 e. The van der Waals surface area contributed by atoms with Gasteiger partial charge in [0.1, 0.15) is 11.1 Å². The van der Waals surface area contributed by atoms with Crippen LogP contribution in [0.2, 0.25) is 0 Å². The molecule has 2 bridgehead atoms. The molecule has 1 N–H and O–H groups in total. The molecule has 0 unspecified atom stereocenters. The fourth-order valence-electron chi connectivity index (χ4n) is 5.59. The van der Waals surface area contributed by atoms with E-state index in [4.69, 9.17) is 29.8 Å². The van der Waals surface area contributed by atoms with E-state index in [0.29, 0.717) is 43.0 Å². The lowest BCUT2D eigenvalue weighted by molar-refractivity contribution is -0.0665. The van der Waals surface area contributed by atoms with Crippen molar-refractivity contribution >= 4 is 23.1 Å². The summed E-state index contributed by atoms with van der Waals surface area (Å²) in [6.07, 6.45) is 5.69. The Morgan fingerprint density at radius 1 is 1.18 bits per heavy atom. The SMILES string of the molecule is Cc1cc(/C=C/C#N)cc(C)c1Oc1nc(NC23CC(C#N)(C2)C3)nc2nn3c(c12)COCC3. The van der Waals surface area contributed by atoms with Crippen LogP contribution in [0, 0.1) is 41.9 Å². The first kappa shape index (κ1) is 20.6. The molecule has 1 aromatic carbocycles. The molecule has 9 nitrogen and oxygen atoms in total. The number of rotatable bonds is 5. The fourth-order valence-corrected chi connectivity index (χ4v) is 5.59. The molecule has 0 radical (unpaired) electrons. The highest BCUT2D eigenvalue weighted by atomic mass is 16.5. The van der Waals surface area contributed by atoms with Crippen molar-refractivity contribution < 1.29 is 9.47 Å². The van der Waals surface area contributed by atoms with Crippen LogP contribution in [0.15, 0.2) is 18.2 Å². The van der Waals surface area contributed by atoms with E-state index in [0.717, 1.165) is 47.0 Å². The van der Waals surface area contributed by atoms with E-state index >= 15 is 0 Å². The van der Waals surface area contributed by atoms with Crippen molar-refractivity contribution in [3.05, 3.63) is 40.6 Å². The summed E-state index contributed by atoms with van der Waals surface area (Å²) in [6, 6.07) is 8.42. The van der Waals surface area contributed by atoms with Crippen molar-refractivity contribution in [2.75, 3.05) is 11.9 Å². The van der Waals surface area contributed by atoms with E-state index in [2.05, 4.69) is 11.4 Å². The average Bonchev–Trinajstić information content (AvgIpc) is 3.14. The number of ether oxygens (including phenoxy) is 2. The van der Waals surface area contributed by atoms with Crippen LogP contribution in [0.5, 0.6) is 11.6 Å². The van der Waals surface area contributed by atoms with Crippen LogP contribution in [0.3, 0.4) is 0 Å². The molecular formula is C25H23N7O2. The zero-order valence-electron chi connectivity index (χ0n) is 19.1. The van der Waals surface area contributed by atoms with Crippen molar-refractivity contribution in [2.45, 2.75) is 51.8 Å². The summed E-state index contributed by atoms with van der Waals surface area (Å²) in [5.41, 5.74) is 4.00. The first-order valence-corrected chi connectivity index (χ1v) is 11.3. The number of aryl methyl sites for hydroxylation is 2. The summed E-state index contributed by atoms with van der Waals surface area (Å²) in [5.74, 6) is 1.62. The van der Waals surface area contributed by atoms with E-state index in [-0.39, 0.29) is 11.0 Å². The third-order valence-corrected chi connectivity index (χ3v) is 7.03. The summed E-state index contributed by atoms with van der Waals surface area (Å²) in [4.78, 5) is 9.48. The predicted octanol–water partition coefficient (Wildman–Crippen LogP) is 4.16. The highest BCUT2D eigenvalue weighted by Gasteiger charge is 2.69. The molecular weight excluding hydrogens is 430 g/mol. The van der Waals surface area contributed by atoms with Crippen molar-refractivity contribution in [2.24, 2.45) is 5.41 Å². The summed E-state index contributed by atoms with van der Waals surface area (Å²) >= 11 is 0. The van der Waals surface area contributed by atoms with Crippen molar-refractivity contribution in [3.63, 3.8) is 0 Å². The number of hydrogen-bond acceptors (Lipinski definition) is 8. The predicted molar refractivity (Wildman–Crippen MR) is 124 cm³/mol. The standard InChI is InChI=1S/C25H23N7O2/c1-15-8-17(4-3-5-26)9-16(2)20(15)34-22-19-18-10-33-7-6-32(18)31-21(19)28-23(29-22)30-25-11-24(12-25,13-25)14-27/h3-4,8-9H,6-7,10-13H2,1-2H3,(H,28,30,31)/b4-3+. The Morgan fingerprint density at radius 2 is 1.94 bits per heavy atom. The van der Waals surface area contributed by atoms with Gasteiger partial charge in [-0.3, -0.25) is 4.68 Å². The molecule has 3 saturated carbocycles. The Kier molecular flexibility index (Phi) is 4.42. The highest BCUT2D eigenvalue weighted by Crippen LogP contribution is 2.67. The van der Waals surface area contributed by atoms with Crippen LogP contribution < -0.4 is 10.1 Å². The lowest BCUT2D eigenvalue weighted by atomic mass is 9.40. The monoisotopic (exact) mass is 453 g/mol. The van der Waals surface area contributed by atoms with Crippen molar-refractivity contribution in [1.29, 1.82) is 10.5 Å². The Labute approximate surface area is 196 Å². The quantitative estimate of drug-likeness (QED) is 0.572. The molecule has 4 aliphatic rings. The zero-order valence-corrected chi connectivity index (χ0v) is 19.1. The van der Waals surface area contributed by atoms with Gasteiger partial charge in [-0.25, -0.2) is 0 Å². The van der Waals surface area contributed by atoms with Gasteiger partial charge in [-0.15, -0.1) is 0 Å². The minimum atomic E-state index is -0.169. The second-order valence-corrected chi connectivity index (χ2v) is 9.65. The molecule has 7 rings (SSSR count). The number of fused-ring (bicyclic) bond motifs is 3. The Hall–Kier alpha value is -3.95. The zero-order chi connectivity index (χ0) is 23.5. The fraction of sp³-hybridized carbons (Fsp3) is 0.400. The van der Waals surface area contributed by atoms with Crippen LogP contribution >= 0.6 is 0 Å². The minimum Gasteiger partial charge on any atom is -0.437 e. The van der Waals surface area contributed by atoms with E-state index in [1.807, 2.05) is 36.7 Å². The average molecular weight is 454 g/mol. The summed E-state index contributed by atoms with van der Waals surface area (Å²) in [6.45, 7) is 5.63. The molecule has 1 aliphatic heterocycles. The second kappa shape index (κ2) is 7.28. The number of nitrogens with one attached hydrogen (secondary N) is 1. The van der Waals surface area contributed by atoms with Crippen molar-refractivity contribution in [1.82, 2.24) is 19.7 Å². The van der Waals surface area contributed by atoms with Gasteiger partial charge < -0.3 is 14.8 Å². The summed E-state index contributed by atoms with van der Waals surface area (Å²) in [7, 11) is 0. The number of anilines is 1. The molecule has 3 heterocycles. The first-order valence-electron chi connectivity index (χ1n) is 11.3. The Morgan fingerprint density at radius 3 is 2.65 bits per heavy atom. The molecule has 3 fully saturated rings. The van der Waals surface area contributed by atoms with Crippen LogP contribution in [0.25, 0.3) is 17.1 Å². The van der Waals surface area contributed by atoms with Gasteiger partial charge in [0.25, 0.3) is 0 Å². The Bertz CT molecular complexity index is 1410. The van der Waals surface area contributed by atoms with Gasteiger partial charge in [0.15, 0.2) is 5.65 Å². The smallest absolute Gasteiger partial charge is 0.235 e. The maximum absolute atomic E-state index is 9.35. The summed E-state index contributed by atoms with van der Waals surface area (Å²) < 4.78 is 14.1. The number of benzene rings is 1. The molecule has 170 valence electrons. The number of hydrogen-bond donors (Lipinski definition) is 1. The maximum atomic E-state index is 9.35. The third kappa shape index (κ3) is 3.12. The molecule has 0 atom stereocenters. The molecule has 3 aromatic rings. The Balaban J connectivity index is 1.41. The van der Waals surface area contributed by atoms with Crippen LogP contribution in [0.4, 0.5) is 5.95 Å². The van der Waals surface area contributed by atoms with Gasteiger partial charge in [-0.05, 0) is 68.0 Å². The van der Waals surface area contributed by atoms with Gasteiger partial charge in [-0.1, -0.05) is 0 Å². The van der Waals surface area contributed by atoms with Crippen LogP contribution in [-0.4, -0.2) is 31.9 Å². The van der Waals surface area contributed by atoms with E-state index in [1.165, 1.54) is 6.08 Å². The third-order valence-electron chi connectivity index (χ3n) is 7.03. The van der Waals surface area contributed by atoms with E-state index in [9.17, 15) is 5.26 Å². The normalized spacial score (nSPS) is 24.6. The molecule has 9 heteroatoms.